The first-order valence-corrected chi connectivity index (χ1v) is 14.7. The van der Waals surface area contributed by atoms with Gasteiger partial charge in [-0.15, -0.1) is 0 Å². The van der Waals surface area contributed by atoms with Gasteiger partial charge in [0.2, 0.25) is 8.32 Å². The molecule has 1 saturated heterocycles. The van der Waals surface area contributed by atoms with Gasteiger partial charge in [0.25, 0.3) is 5.56 Å². The second kappa shape index (κ2) is 12.9. The van der Waals surface area contributed by atoms with Crippen molar-refractivity contribution in [3.8, 4) is 11.8 Å². The van der Waals surface area contributed by atoms with Gasteiger partial charge in [-0.05, 0) is 31.0 Å². The van der Waals surface area contributed by atoms with Crippen LogP contribution in [0.1, 0.15) is 45.4 Å². The van der Waals surface area contributed by atoms with Crippen molar-refractivity contribution < 1.29 is 36.9 Å². The molecule has 1 fully saturated rings. The average Bonchev–Trinajstić information content (AvgIpc) is 3.23. The lowest BCUT2D eigenvalue weighted by Crippen LogP contribution is -2.41. The highest BCUT2D eigenvalue weighted by Crippen LogP contribution is 2.37. The number of carbonyl (C=O) groups is 1. The lowest BCUT2D eigenvalue weighted by Gasteiger charge is -2.34. The molecule has 0 unspecified atom stereocenters. The predicted octanol–water partition coefficient (Wildman–Crippen LogP) is 2.41. The molecule has 0 radical (unpaired) electrons. The minimum atomic E-state index is -4.94. The molecule has 1 aromatic heterocycles. The molecule has 1 aliphatic heterocycles. The molecule has 1 aromatic rings. The van der Waals surface area contributed by atoms with Crippen molar-refractivity contribution in [2.45, 2.75) is 76.7 Å². The highest BCUT2D eigenvalue weighted by molar-refractivity contribution is 6.73. The minimum Gasteiger partial charge on any atom is -0.367 e. The highest BCUT2D eigenvalue weighted by atomic mass is 28.4. The Morgan fingerprint density at radius 3 is 2.59 bits per heavy atom. The molecule has 0 spiro atoms. The molecule has 0 aliphatic carbocycles. The number of hydrogen-bond acceptors (Lipinski definition) is 7. The van der Waals surface area contributed by atoms with Gasteiger partial charge in [-0.2, -0.15) is 13.2 Å². The van der Waals surface area contributed by atoms with Crippen molar-refractivity contribution in [2.75, 3.05) is 26.4 Å². The maximum absolute atomic E-state index is 12.3. The Morgan fingerprint density at radius 2 is 1.95 bits per heavy atom. The van der Waals surface area contributed by atoms with E-state index in [1.54, 1.807) is 5.32 Å². The first-order chi connectivity index (χ1) is 17.1. The Bertz CT molecular complexity index is 1100. The minimum absolute atomic E-state index is 0.00501. The standard InChI is InChI=1S/C23H34F3N3O7Si/c1-22(2,3)37(4,5)36-34-15-17-9-10-18(35-17)29-14-16(19(30)28-21(29)32)8-6-7-12-33-13-11-27-20(31)23(24,25)26/h14,17-18H,8-13,15H2,1-5H3,(H,27,31)(H,28,30,32)/t17-,18+/m0/s1. The largest absolute Gasteiger partial charge is 0.471 e. The van der Waals surface area contributed by atoms with Crippen LogP contribution in [-0.4, -0.2) is 62.4 Å². The fourth-order valence-electron chi connectivity index (χ4n) is 2.93. The summed E-state index contributed by atoms with van der Waals surface area (Å²) in [6.45, 7) is 10.1. The number of ether oxygens (including phenoxy) is 2. The van der Waals surface area contributed by atoms with Crippen LogP contribution in [-0.2, 0) is 30.2 Å². The summed E-state index contributed by atoms with van der Waals surface area (Å²) in [5, 5.41) is 1.67. The second-order valence-electron chi connectivity index (χ2n) is 10.1. The molecule has 37 heavy (non-hydrogen) atoms. The van der Waals surface area contributed by atoms with Crippen LogP contribution in [0.15, 0.2) is 15.8 Å². The van der Waals surface area contributed by atoms with Crippen molar-refractivity contribution >= 4 is 14.2 Å². The summed E-state index contributed by atoms with van der Waals surface area (Å²) in [6.07, 6.45) is -3.17. The Labute approximate surface area is 213 Å². The van der Waals surface area contributed by atoms with Gasteiger partial charge >= 0.3 is 17.8 Å². The van der Waals surface area contributed by atoms with Gasteiger partial charge in [0.1, 0.15) is 19.4 Å². The molecule has 1 aliphatic rings. The van der Waals surface area contributed by atoms with E-state index < -0.39 is 37.9 Å². The number of amides is 1. The third kappa shape index (κ3) is 9.42. The molecule has 2 N–H and O–H groups in total. The number of nitrogens with one attached hydrogen (secondary N) is 2. The monoisotopic (exact) mass is 549 g/mol. The number of nitrogens with zero attached hydrogens (tertiary/aromatic N) is 1. The predicted molar refractivity (Wildman–Crippen MR) is 130 cm³/mol. The molecule has 2 atom stereocenters. The van der Waals surface area contributed by atoms with E-state index >= 15 is 0 Å². The maximum Gasteiger partial charge on any atom is 0.471 e. The number of rotatable bonds is 10. The number of aromatic amines is 1. The van der Waals surface area contributed by atoms with Crippen molar-refractivity contribution in [3.05, 3.63) is 32.6 Å². The Morgan fingerprint density at radius 1 is 1.24 bits per heavy atom. The zero-order valence-corrected chi connectivity index (χ0v) is 22.6. The van der Waals surface area contributed by atoms with Crippen molar-refractivity contribution in [2.24, 2.45) is 0 Å². The van der Waals surface area contributed by atoms with Crippen LogP contribution in [0.25, 0.3) is 0 Å². The van der Waals surface area contributed by atoms with Gasteiger partial charge in [0, 0.05) is 24.7 Å². The molecular formula is C23H34F3N3O7Si. The molecule has 0 saturated carbocycles. The number of carbonyl (C=O) groups excluding carboxylic acids is 1. The number of H-pyrrole nitrogens is 1. The van der Waals surface area contributed by atoms with E-state index in [0.717, 1.165) is 0 Å². The summed E-state index contributed by atoms with van der Waals surface area (Å²) in [5.41, 5.74) is -0.934. The van der Waals surface area contributed by atoms with E-state index in [1.807, 2.05) is 0 Å². The zero-order valence-electron chi connectivity index (χ0n) is 21.6. The number of alkyl halides is 3. The topological polar surface area (TPSA) is 121 Å². The molecule has 2 rings (SSSR count). The molecule has 2 heterocycles. The van der Waals surface area contributed by atoms with Gasteiger partial charge in [0.15, 0.2) is 0 Å². The van der Waals surface area contributed by atoms with E-state index in [2.05, 4.69) is 50.7 Å². The molecule has 10 nitrogen and oxygen atoms in total. The number of halogens is 3. The van der Waals surface area contributed by atoms with E-state index in [-0.39, 0.29) is 49.5 Å². The SMILES string of the molecule is CC(C)(C)[Si](C)(C)OOC[C@@H]1CC[C@H](n2cc(CC#CCOCCNC(=O)C(F)(F)F)c(=O)[nH]c2=O)O1. The average molecular weight is 550 g/mol. The van der Waals surface area contributed by atoms with Crippen LogP contribution in [0.2, 0.25) is 18.1 Å². The molecule has 14 heteroatoms. The van der Waals surface area contributed by atoms with Crippen molar-refractivity contribution in [1.82, 2.24) is 14.9 Å². The second-order valence-corrected chi connectivity index (χ2v) is 14.8. The quantitative estimate of drug-likeness (QED) is 0.151. The van der Waals surface area contributed by atoms with Crippen LogP contribution < -0.4 is 16.6 Å². The van der Waals surface area contributed by atoms with Crippen molar-refractivity contribution in [3.63, 3.8) is 0 Å². The van der Waals surface area contributed by atoms with E-state index in [1.165, 1.54) is 10.8 Å². The van der Waals surface area contributed by atoms with Gasteiger partial charge in [-0.3, -0.25) is 23.7 Å². The Balaban J connectivity index is 1.84. The Kier molecular flexibility index (Phi) is 10.7. The normalized spacial score (nSPS) is 18.4. The van der Waals surface area contributed by atoms with E-state index in [4.69, 9.17) is 18.9 Å². The third-order valence-corrected chi connectivity index (χ3v) is 10.3. The molecule has 0 bridgehead atoms. The summed E-state index contributed by atoms with van der Waals surface area (Å²) >= 11 is 0. The van der Waals surface area contributed by atoms with Gasteiger partial charge < -0.3 is 14.8 Å². The lowest BCUT2D eigenvalue weighted by molar-refractivity contribution is -0.241. The van der Waals surface area contributed by atoms with Crippen LogP contribution in [0, 0.1) is 11.8 Å². The van der Waals surface area contributed by atoms with Crippen LogP contribution in [0.5, 0.6) is 0 Å². The fourth-order valence-corrected chi connectivity index (χ4v) is 3.54. The van der Waals surface area contributed by atoms with Gasteiger partial charge in [-0.1, -0.05) is 32.6 Å². The fraction of sp³-hybridized carbons (Fsp3) is 0.696. The first-order valence-electron chi connectivity index (χ1n) is 11.8. The number of aromatic nitrogens is 2. The molecular weight excluding hydrogens is 515 g/mol. The van der Waals surface area contributed by atoms with E-state index in [9.17, 15) is 27.6 Å². The molecule has 0 aromatic carbocycles. The number of hydrogen-bond donors (Lipinski definition) is 2. The molecule has 208 valence electrons. The van der Waals surface area contributed by atoms with Gasteiger partial charge in [0.05, 0.1) is 12.7 Å². The highest BCUT2D eigenvalue weighted by Gasteiger charge is 2.40. The van der Waals surface area contributed by atoms with Gasteiger partial charge in [-0.25, -0.2) is 9.68 Å². The lowest BCUT2D eigenvalue weighted by atomic mass is 10.2. The summed E-state index contributed by atoms with van der Waals surface area (Å²) in [4.78, 5) is 42.9. The van der Waals surface area contributed by atoms with E-state index in [0.29, 0.717) is 12.8 Å². The first kappa shape index (κ1) is 30.8. The molecule has 1 amide bonds. The van der Waals surface area contributed by atoms with Crippen molar-refractivity contribution in [1.29, 1.82) is 0 Å². The summed E-state index contributed by atoms with van der Waals surface area (Å²) in [6, 6.07) is 0. The Hall–Kier alpha value is -2.44. The third-order valence-electron chi connectivity index (χ3n) is 6.13. The van der Waals surface area contributed by atoms with Crippen LogP contribution in [0.3, 0.4) is 0 Å². The summed E-state index contributed by atoms with van der Waals surface area (Å²) < 4.78 is 54.2. The smallest absolute Gasteiger partial charge is 0.367 e. The maximum atomic E-state index is 12.3. The van der Waals surface area contributed by atoms with Crippen LogP contribution in [0.4, 0.5) is 13.2 Å². The van der Waals surface area contributed by atoms with Crippen LogP contribution >= 0.6 is 0 Å². The zero-order chi connectivity index (χ0) is 27.9. The summed E-state index contributed by atoms with van der Waals surface area (Å²) in [7, 11) is -2.07. The summed E-state index contributed by atoms with van der Waals surface area (Å²) in [5.74, 6) is 3.30.